The predicted molar refractivity (Wildman–Crippen MR) is 75.6 cm³/mol. The number of nitrogens with zero attached hydrogens (tertiary/aromatic N) is 1. The highest BCUT2D eigenvalue weighted by molar-refractivity contribution is 6.01. The molecule has 0 saturated carbocycles. The number of amides is 1. The number of aldehydes is 1. The van der Waals surface area contributed by atoms with E-state index in [0.29, 0.717) is 6.29 Å². The Kier molecular flexibility index (Phi) is 5.34. The van der Waals surface area contributed by atoms with E-state index in [9.17, 15) is 36.3 Å². The Morgan fingerprint density at radius 3 is 1.96 bits per heavy atom. The molecule has 2 rings (SSSR count). The topological polar surface area (TPSA) is 63.7 Å². The minimum atomic E-state index is -2.44. The number of hydrogen-bond donors (Lipinski definition) is 0. The van der Waals surface area contributed by atoms with Crippen molar-refractivity contribution in [3.63, 3.8) is 0 Å². The molecule has 0 aliphatic heterocycles. The van der Waals surface area contributed by atoms with E-state index in [1.807, 2.05) is 0 Å². The number of carbonyl (C=O) groups is 3. The number of hydroxylamine groups is 2. The van der Waals surface area contributed by atoms with Crippen molar-refractivity contribution in [2.45, 2.75) is 0 Å². The van der Waals surface area contributed by atoms with E-state index in [-0.39, 0.29) is 16.2 Å². The van der Waals surface area contributed by atoms with Crippen LogP contribution in [0.4, 0.5) is 22.0 Å². The largest absolute Gasteiger partial charge is 0.369 e. The Balaban J connectivity index is 2.33. The summed E-state index contributed by atoms with van der Waals surface area (Å²) < 4.78 is 66.4. The second-order valence-electron chi connectivity index (χ2n) is 4.83. The highest BCUT2D eigenvalue weighted by atomic mass is 19.2. The lowest BCUT2D eigenvalue weighted by atomic mass is 10.1. The van der Waals surface area contributed by atoms with E-state index in [4.69, 9.17) is 0 Å². The molecule has 1 amide bonds. The third-order valence-corrected chi connectivity index (χ3v) is 3.24. The first-order chi connectivity index (χ1) is 12.2. The van der Waals surface area contributed by atoms with Gasteiger partial charge in [-0.2, -0.15) is 5.06 Å². The summed E-state index contributed by atoms with van der Waals surface area (Å²) >= 11 is 0. The summed E-state index contributed by atoms with van der Waals surface area (Å²) in [6, 6.07) is 5.32. The van der Waals surface area contributed by atoms with Gasteiger partial charge in [-0.25, -0.2) is 26.7 Å². The van der Waals surface area contributed by atoms with Crippen LogP contribution in [-0.2, 0) is 4.84 Å². The highest BCUT2D eigenvalue weighted by Gasteiger charge is 2.32. The zero-order chi connectivity index (χ0) is 19.6. The SMILES string of the molecule is CN(OC(=O)c1c(F)c(F)c(F)c(F)c1F)C(=O)c1ccccc1C=O. The molecule has 0 aliphatic rings. The van der Waals surface area contributed by atoms with E-state index in [1.165, 1.54) is 24.3 Å². The molecule has 26 heavy (non-hydrogen) atoms. The van der Waals surface area contributed by atoms with Crippen LogP contribution < -0.4 is 0 Å². The molecular formula is C16H8F5NO4. The smallest absolute Gasteiger partial charge is 0.332 e. The quantitative estimate of drug-likeness (QED) is 0.273. The first kappa shape index (κ1) is 19.0. The molecule has 0 N–H and O–H groups in total. The van der Waals surface area contributed by atoms with Crippen molar-refractivity contribution in [1.82, 2.24) is 5.06 Å². The van der Waals surface area contributed by atoms with Crippen molar-refractivity contribution in [3.8, 4) is 0 Å². The van der Waals surface area contributed by atoms with Crippen molar-refractivity contribution in [1.29, 1.82) is 0 Å². The van der Waals surface area contributed by atoms with Gasteiger partial charge in [0.1, 0.15) is 5.56 Å². The molecule has 0 radical (unpaired) electrons. The van der Waals surface area contributed by atoms with Crippen LogP contribution in [0.2, 0.25) is 0 Å². The molecule has 10 heteroatoms. The van der Waals surface area contributed by atoms with Gasteiger partial charge in [-0.3, -0.25) is 9.59 Å². The fourth-order valence-electron chi connectivity index (χ4n) is 1.96. The van der Waals surface area contributed by atoms with Gasteiger partial charge in [0.15, 0.2) is 29.6 Å². The molecule has 0 atom stereocenters. The molecule has 0 fully saturated rings. The maximum absolute atomic E-state index is 13.6. The Hall–Kier alpha value is -3.30. The second-order valence-corrected chi connectivity index (χ2v) is 4.83. The van der Waals surface area contributed by atoms with Crippen LogP contribution >= 0.6 is 0 Å². The summed E-state index contributed by atoms with van der Waals surface area (Å²) in [7, 11) is 0.855. The Labute approximate surface area is 142 Å². The molecule has 5 nitrogen and oxygen atoms in total. The number of halogens is 5. The molecule has 2 aromatic rings. The number of carbonyl (C=O) groups excluding carboxylic acids is 3. The van der Waals surface area contributed by atoms with Crippen molar-refractivity contribution in [2.24, 2.45) is 0 Å². The number of rotatable bonds is 3. The van der Waals surface area contributed by atoms with Gasteiger partial charge in [0, 0.05) is 12.6 Å². The average molecular weight is 373 g/mol. The Morgan fingerprint density at radius 1 is 0.923 bits per heavy atom. The summed E-state index contributed by atoms with van der Waals surface area (Å²) in [6.07, 6.45) is 0.340. The van der Waals surface area contributed by atoms with Crippen LogP contribution in [0.15, 0.2) is 24.3 Å². The maximum atomic E-state index is 13.6. The van der Waals surface area contributed by atoms with Crippen LogP contribution in [0, 0.1) is 29.1 Å². The summed E-state index contributed by atoms with van der Waals surface area (Å²) in [5, 5.41) is 0.197. The molecule has 2 aromatic carbocycles. The van der Waals surface area contributed by atoms with Gasteiger partial charge in [-0.15, -0.1) is 0 Å². The van der Waals surface area contributed by atoms with Crippen LogP contribution in [0.1, 0.15) is 31.1 Å². The fourth-order valence-corrected chi connectivity index (χ4v) is 1.96. The van der Waals surface area contributed by atoms with Crippen molar-refractivity contribution in [3.05, 3.63) is 70.0 Å². The van der Waals surface area contributed by atoms with Gasteiger partial charge in [-0.05, 0) is 6.07 Å². The van der Waals surface area contributed by atoms with Crippen molar-refractivity contribution in [2.75, 3.05) is 7.05 Å². The monoisotopic (exact) mass is 373 g/mol. The maximum Gasteiger partial charge on any atom is 0.369 e. The number of hydrogen-bond acceptors (Lipinski definition) is 4. The van der Waals surface area contributed by atoms with E-state index in [2.05, 4.69) is 4.84 Å². The zero-order valence-electron chi connectivity index (χ0n) is 12.9. The molecule has 136 valence electrons. The third kappa shape index (κ3) is 3.25. The van der Waals surface area contributed by atoms with Crippen molar-refractivity contribution < 1.29 is 41.2 Å². The number of benzene rings is 2. The first-order valence-corrected chi connectivity index (χ1v) is 6.76. The Bertz CT molecular complexity index is 887. The standard InChI is InChI=1S/C16H8F5NO4/c1-22(15(24)8-5-3-2-4-7(8)6-23)26-16(25)9-10(17)12(19)14(21)13(20)11(9)18/h2-6H,1H3. The Morgan fingerprint density at radius 2 is 1.42 bits per heavy atom. The van der Waals surface area contributed by atoms with Crippen LogP contribution in [0.25, 0.3) is 0 Å². The molecule has 0 aromatic heterocycles. The minimum Gasteiger partial charge on any atom is -0.332 e. The summed E-state index contributed by atoms with van der Waals surface area (Å²) in [4.78, 5) is 39.2. The van der Waals surface area contributed by atoms with E-state index in [1.54, 1.807) is 0 Å². The van der Waals surface area contributed by atoms with Gasteiger partial charge >= 0.3 is 5.97 Å². The average Bonchev–Trinajstić information content (AvgIpc) is 2.64. The van der Waals surface area contributed by atoms with Crippen molar-refractivity contribution >= 4 is 18.2 Å². The molecule has 0 aliphatic carbocycles. The highest BCUT2D eigenvalue weighted by Crippen LogP contribution is 2.24. The molecule has 0 saturated heterocycles. The van der Waals surface area contributed by atoms with Gasteiger partial charge in [0.2, 0.25) is 5.82 Å². The molecule has 0 spiro atoms. The van der Waals surface area contributed by atoms with Gasteiger partial charge in [0.25, 0.3) is 5.91 Å². The first-order valence-electron chi connectivity index (χ1n) is 6.76. The van der Waals surface area contributed by atoms with Crippen LogP contribution in [0.3, 0.4) is 0 Å². The van der Waals surface area contributed by atoms with E-state index >= 15 is 0 Å². The summed E-state index contributed by atoms with van der Waals surface area (Å²) in [5.41, 5.74) is -2.14. The van der Waals surface area contributed by atoms with Crippen LogP contribution in [0.5, 0.6) is 0 Å². The molecular weight excluding hydrogens is 365 g/mol. The molecule has 0 heterocycles. The molecule has 0 unspecified atom stereocenters. The predicted octanol–water partition coefficient (Wildman–Crippen LogP) is 3.04. The van der Waals surface area contributed by atoms with E-state index in [0.717, 1.165) is 7.05 Å². The normalized spacial score (nSPS) is 10.4. The second kappa shape index (κ2) is 7.30. The lowest BCUT2D eigenvalue weighted by Gasteiger charge is -2.17. The van der Waals surface area contributed by atoms with Crippen LogP contribution in [-0.4, -0.2) is 30.3 Å². The lowest BCUT2D eigenvalue weighted by Crippen LogP contribution is -2.31. The lowest BCUT2D eigenvalue weighted by molar-refractivity contribution is -0.0666. The van der Waals surface area contributed by atoms with Gasteiger partial charge < -0.3 is 4.84 Å². The van der Waals surface area contributed by atoms with Gasteiger partial charge in [0.05, 0.1) is 5.56 Å². The van der Waals surface area contributed by atoms with E-state index < -0.39 is 46.5 Å². The fraction of sp³-hybridized carbons (Fsp3) is 0.0625. The third-order valence-electron chi connectivity index (χ3n) is 3.24. The minimum absolute atomic E-state index is 0.0726. The zero-order valence-corrected chi connectivity index (χ0v) is 12.9. The summed E-state index contributed by atoms with van der Waals surface area (Å²) in [6.45, 7) is 0. The molecule has 0 bridgehead atoms. The summed E-state index contributed by atoms with van der Waals surface area (Å²) in [5.74, 6) is -15.0. The van der Waals surface area contributed by atoms with Gasteiger partial charge in [-0.1, -0.05) is 18.2 Å².